The number of aliphatic hydroxyl groups is 2. The molecule has 2 amide bonds. The molecule has 0 heterocycles. The molecule has 0 bridgehead atoms. The van der Waals surface area contributed by atoms with Crippen molar-refractivity contribution < 1.29 is 19.8 Å². The van der Waals surface area contributed by atoms with Crippen LogP contribution in [0.2, 0.25) is 0 Å². The first-order chi connectivity index (χ1) is 23.5. The first-order valence-electron chi connectivity index (χ1n) is 17.9. The maximum atomic E-state index is 14.5. The number of rotatable bonds is 10. The molecule has 272 valence electrons. The highest BCUT2D eigenvalue weighted by atomic mass is 16.3. The molecule has 0 aliphatic heterocycles. The molecule has 4 aromatic rings. The standard InChI is InChI=1S/C45H58N2O4/c1-29-13-21-33(22-14-29)44(50,34-23-15-30(2)16-24-34)37(41(5,6)7)46-39(48)43(11,12)40(49)47-38(42(8,9)10)45(51,35-25-17-31(3)18-26-35)36-27-19-32(4)20-28-36/h13-28,37-38,50-51H,1-12H3,(H,46,48)(H,47,49)/t37-,38-/m0/s1. The molecule has 0 aliphatic rings. The average Bonchev–Trinajstić information content (AvgIpc) is 3.05. The van der Waals surface area contributed by atoms with Gasteiger partial charge in [0.2, 0.25) is 11.8 Å². The topological polar surface area (TPSA) is 98.7 Å². The van der Waals surface area contributed by atoms with E-state index in [1.54, 1.807) is 13.8 Å². The van der Waals surface area contributed by atoms with E-state index in [0.717, 1.165) is 22.3 Å². The van der Waals surface area contributed by atoms with Crippen LogP contribution in [0.5, 0.6) is 0 Å². The van der Waals surface area contributed by atoms with Crippen molar-refractivity contribution in [2.45, 2.75) is 106 Å². The summed E-state index contributed by atoms with van der Waals surface area (Å²) in [6, 6.07) is 29.0. The van der Waals surface area contributed by atoms with Crippen molar-refractivity contribution in [2.75, 3.05) is 0 Å². The van der Waals surface area contributed by atoms with E-state index in [-0.39, 0.29) is 0 Å². The second-order valence-electron chi connectivity index (χ2n) is 17.2. The molecule has 0 unspecified atom stereocenters. The van der Waals surface area contributed by atoms with Gasteiger partial charge in [-0.15, -0.1) is 0 Å². The Morgan fingerprint density at radius 1 is 0.431 bits per heavy atom. The summed E-state index contributed by atoms with van der Waals surface area (Å²) in [5.41, 5.74) is 0.537. The Balaban J connectivity index is 1.78. The molecule has 0 saturated heterocycles. The van der Waals surface area contributed by atoms with Crippen molar-refractivity contribution in [1.29, 1.82) is 0 Å². The van der Waals surface area contributed by atoms with Crippen LogP contribution in [0.25, 0.3) is 0 Å². The smallest absolute Gasteiger partial charge is 0.235 e. The normalized spacial score (nSPS) is 14.1. The number of hydrogen-bond acceptors (Lipinski definition) is 4. The number of hydrogen-bond donors (Lipinski definition) is 4. The van der Waals surface area contributed by atoms with Crippen molar-refractivity contribution in [3.05, 3.63) is 142 Å². The highest BCUT2D eigenvalue weighted by Gasteiger charge is 2.52. The lowest BCUT2D eigenvalue weighted by molar-refractivity contribution is -0.146. The van der Waals surface area contributed by atoms with Gasteiger partial charge in [0.1, 0.15) is 16.6 Å². The minimum Gasteiger partial charge on any atom is -0.378 e. The summed E-state index contributed by atoms with van der Waals surface area (Å²) in [6.07, 6.45) is 0. The molecule has 0 saturated carbocycles. The molecule has 0 radical (unpaired) electrons. The van der Waals surface area contributed by atoms with E-state index in [2.05, 4.69) is 10.6 Å². The van der Waals surface area contributed by atoms with E-state index in [1.165, 1.54) is 0 Å². The molecule has 0 spiro atoms. The van der Waals surface area contributed by atoms with Crippen LogP contribution in [0, 0.1) is 43.9 Å². The Bertz CT molecular complexity index is 1580. The Morgan fingerprint density at radius 2 is 0.627 bits per heavy atom. The third-order valence-corrected chi connectivity index (χ3v) is 10.2. The van der Waals surface area contributed by atoms with Crippen LogP contribution in [-0.2, 0) is 20.8 Å². The van der Waals surface area contributed by atoms with Crippen molar-refractivity contribution in [1.82, 2.24) is 10.6 Å². The first kappa shape index (κ1) is 39.5. The van der Waals surface area contributed by atoms with Gasteiger partial charge in [-0.05, 0) is 74.6 Å². The van der Waals surface area contributed by atoms with Gasteiger partial charge in [-0.3, -0.25) is 9.59 Å². The van der Waals surface area contributed by atoms with Crippen LogP contribution >= 0.6 is 0 Å². The highest BCUT2D eigenvalue weighted by Crippen LogP contribution is 2.43. The van der Waals surface area contributed by atoms with Gasteiger partial charge in [0.25, 0.3) is 0 Å². The van der Waals surface area contributed by atoms with Gasteiger partial charge in [-0.1, -0.05) is 161 Å². The predicted molar refractivity (Wildman–Crippen MR) is 207 cm³/mol. The first-order valence-corrected chi connectivity index (χ1v) is 17.9. The fourth-order valence-electron chi connectivity index (χ4n) is 6.85. The summed E-state index contributed by atoms with van der Waals surface area (Å²) in [5.74, 6) is -1.08. The molecule has 0 aromatic heterocycles. The van der Waals surface area contributed by atoms with E-state index in [9.17, 15) is 19.8 Å². The van der Waals surface area contributed by atoms with Gasteiger partial charge >= 0.3 is 0 Å². The van der Waals surface area contributed by atoms with Gasteiger partial charge in [0.15, 0.2) is 0 Å². The summed E-state index contributed by atoms with van der Waals surface area (Å²) < 4.78 is 0. The zero-order valence-corrected chi connectivity index (χ0v) is 32.6. The summed E-state index contributed by atoms with van der Waals surface area (Å²) in [5, 5.41) is 32.1. The number of benzene rings is 4. The molecule has 2 atom stereocenters. The van der Waals surface area contributed by atoms with Crippen LogP contribution in [0.3, 0.4) is 0 Å². The van der Waals surface area contributed by atoms with Crippen molar-refractivity contribution in [3.63, 3.8) is 0 Å². The number of carbonyl (C=O) groups excluding carboxylic acids is 2. The molecule has 4 aromatic carbocycles. The molecular formula is C45H58N2O4. The Kier molecular flexibility index (Phi) is 11.2. The third-order valence-electron chi connectivity index (χ3n) is 10.2. The number of amides is 2. The predicted octanol–water partition coefficient (Wildman–Crippen LogP) is 8.18. The van der Waals surface area contributed by atoms with E-state index in [4.69, 9.17) is 0 Å². The SMILES string of the molecule is Cc1ccc(C(O)(c2ccc(C)cc2)[C@@H](NC(=O)C(C)(C)C(=O)N[C@@H](C(C)(C)C)C(O)(c2ccc(C)cc2)c2ccc(C)cc2)C(C)(C)C)cc1. The molecule has 51 heavy (non-hydrogen) atoms. The van der Waals surface area contributed by atoms with E-state index in [1.807, 2.05) is 166 Å². The van der Waals surface area contributed by atoms with E-state index in [0.29, 0.717) is 22.3 Å². The maximum absolute atomic E-state index is 14.5. The lowest BCUT2D eigenvalue weighted by Gasteiger charge is -2.47. The van der Waals surface area contributed by atoms with E-state index >= 15 is 0 Å². The molecule has 4 rings (SSSR count). The molecule has 6 heteroatoms. The lowest BCUT2D eigenvalue weighted by atomic mass is 9.68. The largest absolute Gasteiger partial charge is 0.378 e. The summed E-state index contributed by atoms with van der Waals surface area (Å²) >= 11 is 0. The zero-order chi connectivity index (χ0) is 38.2. The van der Waals surface area contributed by atoms with Crippen LogP contribution < -0.4 is 10.6 Å². The second kappa shape index (κ2) is 14.4. The minimum absolute atomic E-state index is 0.542. The second-order valence-corrected chi connectivity index (χ2v) is 17.2. The minimum atomic E-state index is -1.63. The van der Waals surface area contributed by atoms with Gasteiger partial charge in [-0.25, -0.2) is 0 Å². The zero-order valence-electron chi connectivity index (χ0n) is 32.6. The highest BCUT2D eigenvalue weighted by molar-refractivity contribution is 6.04. The Morgan fingerprint density at radius 3 is 0.804 bits per heavy atom. The average molecular weight is 691 g/mol. The Labute approximate surface area is 305 Å². The fourth-order valence-corrected chi connectivity index (χ4v) is 6.85. The summed E-state index contributed by atoms with van der Waals surface area (Å²) in [7, 11) is 0. The Hall–Kier alpha value is -4.26. The van der Waals surface area contributed by atoms with Gasteiger partial charge < -0.3 is 20.8 Å². The van der Waals surface area contributed by atoms with Gasteiger partial charge in [0, 0.05) is 0 Å². The van der Waals surface area contributed by atoms with Crippen molar-refractivity contribution >= 4 is 11.8 Å². The molecular weight excluding hydrogens is 633 g/mol. The fraction of sp³-hybridized carbons (Fsp3) is 0.422. The van der Waals surface area contributed by atoms with Crippen molar-refractivity contribution in [3.8, 4) is 0 Å². The molecule has 6 nitrogen and oxygen atoms in total. The molecule has 0 fully saturated rings. The van der Waals surface area contributed by atoms with Crippen LogP contribution in [0.4, 0.5) is 0 Å². The van der Waals surface area contributed by atoms with Crippen molar-refractivity contribution in [2.24, 2.45) is 16.2 Å². The summed E-state index contributed by atoms with van der Waals surface area (Å²) in [6.45, 7) is 22.9. The van der Waals surface area contributed by atoms with Gasteiger partial charge in [0.05, 0.1) is 12.1 Å². The van der Waals surface area contributed by atoms with Crippen LogP contribution in [0.1, 0.15) is 99.9 Å². The molecule has 0 aliphatic carbocycles. The van der Waals surface area contributed by atoms with Crippen LogP contribution in [-0.4, -0.2) is 34.1 Å². The monoisotopic (exact) mass is 690 g/mol. The molecule has 4 N–H and O–H groups in total. The van der Waals surface area contributed by atoms with Gasteiger partial charge in [-0.2, -0.15) is 0 Å². The maximum Gasteiger partial charge on any atom is 0.235 e. The number of aryl methyl sites for hydroxylation is 4. The third kappa shape index (κ3) is 8.13. The van der Waals surface area contributed by atoms with E-state index < -0.39 is 51.3 Å². The lowest BCUT2D eigenvalue weighted by Crippen LogP contribution is -2.64. The number of carbonyl (C=O) groups is 2. The number of nitrogens with one attached hydrogen (secondary N) is 2. The van der Waals surface area contributed by atoms with Crippen LogP contribution in [0.15, 0.2) is 97.1 Å². The quantitative estimate of drug-likeness (QED) is 0.126. The summed E-state index contributed by atoms with van der Waals surface area (Å²) in [4.78, 5) is 29.1.